The van der Waals surface area contributed by atoms with Gasteiger partial charge in [-0.15, -0.1) is 0 Å². The van der Waals surface area contributed by atoms with E-state index in [1.54, 1.807) is 18.2 Å². The molecule has 0 saturated carbocycles. The summed E-state index contributed by atoms with van der Waals surface area (Å²) in [5.74, 6) is -1.44. The topological polar surface area (TPSA) is 142 Å². The Hall–Kier alpha value is -6.56. The van der Waals surface area contributed by atoms with Gasteiger partial charge < -0.3 is 33.2 Å². The van der Waals surface area contributed by atoms with E-state index in [0.29, 0.717) is 45.4 Å². The van der Waals surface area contributed by atoms with Gasteiger partial charge >= 0.3 is 11.9 Å². The highest BCUT2D eigenvalue weighted by molar-refractivity contribution is 5.90. The Morgan fingerprint density at radius 3 is 1.89 bits per heavy atom. The molecule has 0 amide bonds. The molecule has 1 fully saturated rings. The van der Waals surface area contributed by atoms with Crippen LogP contribution in [0.15, 0.2) is 109 Å². The van der Waals surface area contributed by atoms with Gasteiger partial charge in [-0.1, -0.05) is 66.7 Å². The van der Waals surface area contributed by atoms with Gasteiger partial charge in [0.25, 0.3) is 5.69 Å². The standard InChI is InChI=1S/C42H37NO11/c1-48-35-18-28(19-36(49-2)40(35)50-3)37-30-20-33(51-22-25-11-6-4-7-12-25)34(52-23-26-13-8-5-9-14-26)21-31(30)39(32-24-53-42(45)38(32)37)54-41(44)27-15-10-16-29(17-27)43(46)47/h4-21,32,37-39H,22-24H2,1-3H3/t32-,37+,38-,39+/m0/s1. The van der Waals surface area contributed by atoms with Crippen LogP contribution >= 0.6 is 0 Å². The molecule has 0 radical (unpaired) electrons. The Labute approximate surface area is 311 Å². The van der Waals surface area contributed by atoms with Crippen molar-refractivity contribution in [2.24, 2.45) is 11.8 Å². The number of esters is 2. The summed E-state index contributed by atoms with van der Waals surface area (Å²) in [6.45, 7) is 0.391. The summed E-state index contributed by atoms with van der Waals surface area (Å²) in [5, 5.41) is 11.5. The number of methoxy groups -OCH3 is 3. The fraction of sp³-hybridized carbons (Fsp3) is 0.238. The van der Waals surface area contributed by atoms with Gasteiger partial charge in [0.05, 0.1) is 44.3 Å². The molecular weight excluding hydrogens is 694 g/mol. The Morgan fingerprint density at radius 2 is 1.33 bits per heavy atom. The monoisotopic (exact) mass is 731 g/mol. The number of carbonyl (C=O) groups is 2. The average molecular weight is 732 g/mol. The highest BCUT2D eigenvalue weighted by Gasteiger charge is 2.54. The van der Waals surface area contributed by atoms with Crippen molar-refractivity contribution >= 4 is 17.6 Å². The van der Waals surface area contributed by atoms with Crippen molar-refractivity contribution < 1.29 is 47.7 Å². The van der Waals surface area contributed by atoms with Gasteiger partial charge in [0.2, 0.25) is 5.75 Å². The molecule has 2 aliphatic rings. The van der Waals surface area contributed by atoms with E-state index in [2.05, 4.69) is 0 Å². The van der Waals surface area contributed by atoms with Crippen LogP contribution in [0.5, 0.6) is 28.7 Å². The predicted molar refractivity (Wildman–Crippen MR) is 195 cm³/mol. The minimum Gasteiger partial charge on any atom is -0.493 e. The maximum absolute atomic E-state index is 13.8. The lowest BCUT2D eigenvalue weighted by Gasteiger charge is -2.39. The van der Waals surface area contributed by atoms with Crippen LogP contribution in [-0.4, -0.2) is 44.8 Å². The molecule has 12 heteroatoms. The maximum Gasteiger partial charge on any atom is 0.339 e. The fourth-order valence-corrected chi connectivity index (χ4v) is 7.19. The summed E-state index contributed by atoms with van der Waals surface area (Å²) in [7, 11) is 4.53. The van der Waals surface area contributed by atoms with Gasteiger partial charge in [-0.05, 0) is 52.6 Å². The van der Waals surface area contributed by atoms with E-state index in [9.17, 15) is 19.7 Å². The average Bonchev–Trinajstić information content (AvgIpc) is 3.59. The number of nitrogens with zero attached hydrogens (tertiary/aromatic N) is 1. The van der Waals surface area contributed by atoms with E-state index in [-0.39, 0.29) is 31.1 Å². The van der Waals surface area contributed by atoms with Crippen LogP contribution in [0.4, 0.5) is 5.69 Å². The first-order valence-electron chi connectivity index (χ1n) is 17.2. The minimum atomic E-state index is -1.01. The number of hydrogen-bond donors (Lipinski definition) is 0. The third-order valence-electron chi connectivity index (χ3n) is 9.74. The third-order valence-corrected chi connectivity index (χ3v) is 9.74. The molecule has 7 rings (SSSR count). The summed E-state index contributed by atoms with van der Waals surface area (Å²) in [6, 6.07) is 31.8. The molecule has 0 aromatic heterocycles. The number of nitro groups is 1. The number of cyclic esters (lactones) is 1. The van der Waals surface area contributed by atoms with E-state index in [1.165, 1.54) is 39.5 Å². The van der Waals surface area contributed by atoms with Crippen LogP contribution in [0.3, 0.4) is 0 Å². The van der Waals surface area contributed by atoms with Crippen LogP contribution in [-0.2, 0) is 27.5 Å². The molecule has 0 bridgehead atoms. The normalized spacial score (nSPS) is 18.4. The SMILES string of the molecule is COc1cc([C@@H]2c3cc(OCc4ccccc4)c(OCc4ccccc4)cc3[C@@H](OC(=O)c3cccc([N+](=O)[O-])c3)[C@H]3COC(=O)[C@H]23)cc(OC)c1OC. The summed E-state index contributed by atoms with van der Waals surface area (Å²) < 4.78 is 41.9. The van der Waals surface area contributed by atoms with Gasteiger partial charge in [0.1, 0.15) is 19.3 Å². The number of non-ortho nitro benzene ring substituents is 1. The molecule has 1 aliphatic heterocycles. The molecule has 0 unspecified atom stereocenters. The van der Waals surface area contributed by atoms with Crippen molar-refractivity contribution in [3.8, 4) is 28.7 Å². The minimum absolute atomic E-state index is 0.0114. The zero-order chi connectivity index (χ0) is 37.8. The van der Waals surface area contributed by atoms with Gasteiger partial charge in [-0.25, -0.2) is 4.79 Å². The molecule has 4 atom stereocenters. The summed E-state index contributed by atoms with van der Waals surface area (Å²) in [5.41, 5.74) is 3.41. The van der Waals surface area contributed by atoms with Crippen molar-refractivity contribution in [2.45, 2.75) is 25.2 Å². The summed E-state index contributed by atoms with van der Waals surface area (Å²) >= 11 is 0. The van der Waals surface area contributed by atoms with E-state index in [4.69, 9.17) is 33.2 Å². The number of carbonyl (C=O) groups excluding carboxylic acids is 2. The molecule has 1 saturated heterocycles. The molecule has 1 heterocycles. The zero-order valence-electron chi connectivity index (χ0n) is 29.8. The summed E-state index contributed by atoms with van der Waals surface area (Å²) in [6.07, 6.45) is -1.01. The van der Waals surface area contributed by atoms with Crippen LogP contribution < -0.4 is 23.7 Å². The third kappa shape index (κ3) is 7.10. The Balaban J connectivity index is 1.40. The summed E-state index contributed by atoms with van der Waals surface area (Å²) in [4.78, 5) is 38.6. The predicted octanol–water partition coefficient (Wildman–Crippen LogP) is 7.61. The van der Waals surface area contributed by atoms with E-state index in [0.717, 1.165) is 17.2 Å². The smallest absolute Gasteiger partial charge is 0.339 e. The number of fused-ring (bicyclic) bond motifs is 2. The number of nitro benzene ring substituents is 1. The van der Waals surface area contributed by atoms with Gasteiger partial charge in [0.15, 0.2) is 23.0 Å². The number of ether oxygens (including phenoxy) is 7. The Kier molecular flexibility index (Phi) is 10.3. The van der Waals surface area contributed by atoms with Crippen LogP contribution in [0.2, 0.25) is 0 Å². The number of rotatable bonds is 13. The molecular formula is C42H37NO11. The Morgan fingerprint density at radius 1 is 0.741 bits per heavy atom. The maximum atomic E-state index is 13.8. The first-order valence-corrected chi connectivity index (χ1v) is 17.2. The van der Waals surface area contributed by atoms with Gasteiger partial charge in [0, 0.05) is 29.5 Å². The van der Waals surface area contributed by atoms with Crippen LogP contribution in [0, 0.1) is 22.0 Å². The van der Waals surface area contributed by atoms with E-state index < -0.39 is 40.7 Å². The lowest BCUT2D eigenvalue weighted by atomic mass is 9.66. The first kappa shape index (κ1) is 35.8. The first-order chi connectivity index (χ1) is 26.3. The van der Waals surface area contributed by atoms with Crippen LogP contribution in [0.1, 0.15) is 50.2 Å². The lowest BCUT2D eigenvalue weighted by molar-refractivity contribution is -0.384. The van der Waals surface area contributed by atoms with Crippen molar-refractivity contribution in [2.75, 3.05) is 27.9 Å². The second-order valence-corrected chi connectivity index (χ2v) is 12.9. The molecule has 54 heavy (non-hydrogen) atoms. The van der Waals surface area contributed by atoms with Crippen molar-refractivity contribution in [1.29, 1.82) is 0 Å². The fourth-order valence-electron chi connectivity index (χ4n) is 7.19. The quantitative estimate of drug-likeness (QED) is 0.0671. The van der Waals surface area contributed by atoms with E-state index in [1.807, 2.05) is 66.7 Å². The number of benzene rings is 5. The van der Waals surface area contributed by atoms with Gasteiger partial charge in [-0.2, -0.15) is 0 Å². The molecule has 12 nitrogen and oxygen atoms in total. The highest BCUT2D eigenvalue weighted by Crippen LogP contribution is 2.56. The van der Waals surface area contributed by atoms with Crippen molar-refractivity contribution in [1.82, 2.24) is 0 Å². The van der Waals surface area contributed by atoms with Crippen LogP contribution in [0.25, 0.3) is 0 Å². The molecule has 1 aliphatic carbocycles. The van der Waals surface area contributed by atoms with E-state index >= 15 is 0 Å². The second kappa shape index (κ2) is 15.6. The molecule has 5 aromatic carbocycles. The number of hydrogen-bond acceptors (Lipinski definition) is 11. The Bertz CT molecular complexity index is 2150. The molecule has 276 valence electrons. The largest absolute Gasteiger partial charge is 0.493 e. The van der Waals surface area contributed by atoms with Crippen molar-refractivity contribution in [3.63, 3.8) is 0 Å². The molecule has 0 N–H and O–H groups in total. The van der Waals surface area contributed by atoms with Gasteiger partial charge in [-0.3, -0.25) is 14.9 Å². The zero-order valence-corrected chi connectivity index (χ0v) is 29.8. The second-order valence-electron chi connectivity index (χ2n) is 12.9. The molecule has 5 aromatic rings. The highest BCUT2D eigenvalue weighted by atomic mass is 16.6. The molecule has 0 spiro atoms. The lowest BCUT2D eigenvalue weighted by Crippen LogP contribution is -2.36. The van der Waals surface area contributed by atoms with Crippen molar-refractivity contribution in [3.05, 3.63) is 153 Å².